The molecular weight excluding hydrogens is 304 g/mol. The van der Waals surface area contributed by atoms with Crippen LogP contribution in [0.4, 0.5) is 0 Å². The lowest BCUT2D eigenvalue weighted by Gasteiger charge is -2.04. The second kappa shape index (κ2) is 11.8. The van der Waals surface area contributed by atoms with E-state index in [1.165, 1.54) is 0 Å². The van der Waals surface area contributed by atoms with Gasteiger partial charge in [-0.3, -0.25) is 14.4 Å². The third-order valence-corrected chi connectivity index (χ3v) is 4.44. The first-order valence-electron chi connectivity index (χ1n) is 9.13. The summed E-state index contributed by atoms with van der Waals surface area (Å²) in [6.45, 7) is 2.12. The second-order valence-electron chi connectivity index (χ2n) is 6.64. The molecule has 0 amide bonds. The lowest BCUT2D eigenvalue weighted by Crippen LogP contribution is -2.04. The van der Waals surface area contributed by atoms with Crippen LogP contribution in [0, 0.1) is 11.8 Å². The van der Waals surface area contributed by atoms with Crippen molar-refractivity contribution in [1.29, 1.82) is 0 Å². The van der Waals surface area contributed by atoms with Crippen molar-refractivity contribution in [2.75, 3.05) is 0 Å². The number of ketones is 2. The predicted octanol–water partition coefficient (Wildman–Crippen LogP) is 4.49. The van der Waals surface area contributed by atoms with Crippen LogP contribution in [-0.4, -0.2) is 22.6 Å². The maximum Gasteiger partial charge on any atom is 0.303 e. The first-order chi connectivity index (χ1) is 11.5. The normalized spacial score (nSPS) is 21.1. The Balaban J connectivity index is 2.26. The Morgan fingerprint density at radius 3 is 2.67 bits per heavy atom. The van der Waals surface area contributed by atoms with Gasteiger partial charge < -0.3 is 5.11 Å². The van der Waals surface area contributed by atoms with Crippen LogP contribution < -0.4 is 0 Å². The van der Waals surface area contributed by atoms with E-state index in [0.29, 0.717) is 19.3 Å². The van der Waals surface area contributed by atoms with E-state index in [-0.39, 0.29) is 29.8 Å². The van der Waals surface area contributed by atoms with E-state index in [1.54, 1.807) is 6.08 Å². The summed E-state index contributed by atoms with van der Waals surface area (Å²) in [7, 11) is 0. The van der Waals surface area contributed by atoms with Crippen molar-refractivity contribution in [3.63, 3.8) is 0 Å². The van der Waals surface area contributed by atoms with Gasteiger partial charge in [-0.2, -0.15) is 0 Å². The Bertz CT molecular complexity index is 476. The molecule has 0 aromatic heterocycles. The fourth-order valence-electron chi connectivity index (χ4n) is 3.01. The van der Waals surface area contributed by atoms with Crippen LogP contribution >= 0.6 is 0 Å². The highest BCUT2D eigenvalue weighted by Gasteiger charge is 2.29. The van der Waals surface area contributed by atoms with Crippen molar-refractivity contribution in [2.24, 2.45) is 11.8 Å². The van der Waals surface area contributed by atoms with Crippen LogP contribution in [0.15, 0.2) is 24.3 Å². The molecule has 1 fully saturated rings. The molecule has 0 heterocycles. The minimum atomic E-state index is -0.770. The van der Waals surface area contributed by atoms with Crippen molar-refractivity contribution in [3.05, 3.63) is 24.3 Å². The molecule has 1 saturated carbocycles. The van der Waals surface area contributed by atoms with Gasteiger partial charge in [-0.1, -0.05) is 38.0 Å². The molecule has 0 saturated heterocycles. The van der Waals surface area contributed by atoms with Gasteiger partial charge in [0.1, 0.15) is 5.78 Å². The number of carbonyl (C=O) groups is 3. The zero-order chi connectivity index (χ0) is 17.8. The summed E-state index contributed by atoms with van der Waals surface area (Å²) in [6, 6.07) is 0. The largest absolute Gasteiger partial charge is 0.481 e. The van der Waals surface area contributed by atoms with E-state index < -0.39 is 5.97 Å². The molecule has 2 unspecified atom stereocenters. The van der Waals surface area contributed by atoms with Gasteiger partial charge in [-0.25, -0.2) is 0 Å². The summed E-state index contributed by atoms with van der Waals surface area (Å²) in [5, 5.41) is 8.56. The van der Waals surface area contributed by atoms with Gasteiger partial charge in [0.15, 0.2) is 5.78 Å². The first-order valence-corrected chi connectivity index (χ1v) is 9.13. The number of carbonyl (C=O) groups excluding carboxylic acids is 2. The van der Waals surface area contributed by atoms with Gasteiger partial charge in [0.25, 0.3) is 0 Å². The molecule has 0 aliphatic heterocycles. The highest BCUT2D eigenvalue weighted by Crippen LogP contribution is 2.31. The van der Waals surface area contributed by atoms with E-state index in [0.717, 1.165) is 38.5 Å². The van der Waals surface area contributed by atoms with E-state index in [9.17, 15) is 14.4 Å². The van der Waals surface area contributed by atoms with E-state index in [2.05, 4.69) is 6.92 Å². The smallest absolute Gasteiger partial charge is 0.303 e. The van der Waals surface area contributed by atoms with Gasteiger partial charge in [-0.05, 0) is 44.1 Å². The molecule has 4 heteroatoms. The number of carboxylic acid groups (broad SMARTS) is 1. The molecule has 0 aromatic rings. The molecule has 4 nitrogen and oxygen atoms in total. The van der Waals surface area contributed by atoms with Gasteiger partial charge in [0.05, 0.1) is 0 Å². The van der Waals surface area contributed by atoms with Crippen molar-refractivity contribution < 1.29 is 19.5 Å². The molecule has 0 radical (unpaired) electrons. The van der Waals surface area contributed by atoms with Gasteiger partial charge in [-0.15, -0.1) is 0 Å². The number of hydrogen-bond donors (Lipinski definition) is 1. The van der Waals surface area contributed by atoms with Crippen molar-refractivity contribution in [2.45, 2.75) is 71.1 Å². The standard InChI is InChI=1S/C20H30O4/c1-2-3-6-10-18(21)13-12-16-14-17(19(22)15-16)9-7-4-5-8-11-20(23)24/h4,7,12-13,16-17H,2-3,5-6,8-11,14-15H2,1H3,(H,23,24). The summed E-state index contributed by atoms with van der Waals surface area (Å²) in [4.78, 5) is 34.2. The maximum atomic E-state index is 12.0. The molecule has 1 N–H and O–H groups in total. The zero-order valence-electron chi connectivity index (χ0n) is 14.7. The van der Waals surface area contributed by atoms with Gasteiger partial charge in [0.2, 0.25) is 0 Å². The fraction of sp³-hybridized carbons (Fsp3) is 0.650. The third kappa shape index (κ3) is 8.80. The summed E-state index contributed by atoms with van der Waals surface area (Å²) in [6.07, 6.45) is 14.9. The van der Waals surface area contributed by atoms with Crippen molar-refractivity contribution in [3.8, 4) is 0 Å². The Hall–Kier alpha value is -1.71. The summed E-state index contributed by atoms with van der Waals surface area (Å²) in [5.41, 5.74) is 0. The highest BCUT2D eigenvalue weighted by atomic mass is 16.4. The lowest BCUT2D eigenvalue weighted by molar-refractivity contribution is -0.137. The SMILES string of the molecule is CCCCCC(=O)C=CC1CC(=O)C(CC=CCCCC(=O)O)C1. The average molecular weight is 334 g/mol. The Kier molecular flexibility index (Phi) is 9.97. The molecule has 0 spiro atoms. The number of rotatable bonds is 12. The molecule has 0 aromatic carbocycles. The molecule has 0 bridgehead atoms. The summed E-state index contributed by atoms with van der Waals surface area (Å²) in [5.74, 6) is -0.0900. The predicted molar refractivity (Wildman–Crippen MR) is 94.8 cm³/mol. The molecule has 1 aliphatic rings. The summed E-state index contributed by atoms with van der Waals surface area (Å²) < 4.78 is 0. The number of allylic oxidation sites excluding steroid dienone is 4. The highest BCUT2D eigenvalue weighted by molar-refractivity contribution is 5.90. The summed E-state index contributed by atoms with van der Waals surface area (Å²) >= 11 is 0. The number of carboxylic acids is 1. The molecule has 2 atom stereocenters. The van der Waals surface area contributed by atoms with Crippen LogP contribution in [0.2, 0.25) is 0 Å². The number of unbranched alkanes of at least 4 members (excludes halogenated alkanes) is 3. The second-order valence-corrected chi connectivity index (χ2v) is 6.64. The van der Waals surface area contributed by atoms with E-state index in [1.807, 2.05) is 18.2 Å². The van der Waals surface area contributed by atoms with Crippen LogP contribution in [0.1, 0.15) is 71.1 Å². The van der Waals surface area contributed by atoms with E-state index in [4.69, 9.17) is 5.11 Å². The number of Topliss-reactive ketones (excluding diaryl/α,β-unsaturated/α-hetero) is 1. The monoisotopic (exact) mass is 334 g/mol. The Morgan fingerprint density at radius 1 is 1.17 bits per heavy atom. The van der Waals surface area contributed by atoms with Crippen LogP contribution in [-0.2, 0) is 14.4 Å². The average Bonchev–Trinajstić information content (AvgIpc) is 2.89. The van der Waals surface area contributed by atoms with Crippen molar-refractivity contribution in [1.82, 2.24) is 0 Å². The minimum absolute atomic E-state index is 0.0468. The topological polar surface area (TPSA) is 71.4 Å². The van der Waals surface area contributed by atoms with Crippen molar-refractivity contribution >= 4 is 17.5 Å². The van der Waals surface area contributed by atoms with Crippen LogP contribution in [0.3, 0.4) is 0 Å². The van der Waals surface area contributed by atoms with Crippen LogP contribution in [0.5, 0.6) is 0 Å². The first kappa shape index (κ1) is 20.3. The third-order valence-electron chi connectivity index (χ3n) is 4.44. The number of hydrogen-bond acceptors (Lipinski definition) is 3. The number of aliphatic carboxylic acids is 1. The Morgan fingerprint density at radius 2 is 1.96 bits per heavy atom. The van der Waals surface area contributed by atoms with Gasteiger partial charge in [0, 0.05) is 25.2 Å². The maximum absolute atomic E-state index is 12.0. The lowest BCUT2D eigenvalue weighted by atomic mass is 10.00. The quantitative estimate of drug-likeness (QED) is 0.324. The zero-order valence-corrected chi connectivity index (χ0v) is 14.7. The Labute approximate surface area is 145 Å². The molecule has 1 aliphatic carbocycles. The van der Waals surface area contributed by atoms with E-state index >= 15 is 0 Å². The van der Waals surface area contributed by atoms with Gasteiger partial charge >= 0.3 is 5.97 Å². The fourth-order valence-corrected chi connectivity index (χ4v) is 3.01. The molecule has 134 valence electrons. The minimum Gasteiger partial charge on any atom is -0.481 e. The van der Waals surface area contributed by atoms with Crippen LogP contribution in [0.25, 0.3) is 0 Å². The molecular formula is C20H30O4. The molecule has 24 heavy (non-hydrogen) atoms. The molecule has 1 rings (SSSR count).